The van der Waals surface area contributed by atoms with Crippen LogP contribution >= 0.6 is 11.6 Å². The molecule has 5 nitrogen and oxygen atoms in total. The highest BCUT2D eigenvalue weighted by molar-refractivity contribution is 6.30. The molecule has 36 heavy (non-hydrogen) atoms. The molecule has 1 fully saturated rings. The number of rotatable bonds is 8. The number of nitrogens with zero attached hydrogens (tertiary/aromatic N) is 1. The van der Waals surface area contributed by atoms with Crippen LogP contribution < -0.4 is 11.1 Å². The monoisotopic (exact) mass is 503 g/mol. The molecule has 3 N–H and O–H groups in total. The summed E-state index contributed by atoms with van der Waals surface area (Å²) in [5.41, 5.74) is 10.2. The van der Waals surface area contributed by atoms with Gasteiger partial charge in [0.1, 0.15) is 0 Å². The predicted molar refractivity (Wildman–Crippen MR) is 145 cm³/mol. The zero-order valence-corrected chi connectivity index (χ0v) is 21.5. The molecule has 4 rings (SSSR count). The average Bonchev–Trinajstić information content (AvgIpc) is 3.13. The normalized spacial score (nSPS) is 17.7. The first-order chi connectivity index (χ1) is 17.4. The van der Waals surface area contributed by atoms with E-state index >= 15 is 0 Å². The molecule has 1 heterocycles. The topological polar surface area (TPSA) is 75.4 Å². The molecule has 1 aliphatic heterocycles. The SMILES string of the molecule is Cc1ccc(CC(CC(=O)N2CCCNCC2C(c2ccccc2)c2ccc(Cl)cc2)C(N)=O)cc1. The van der Waals surface area contributed by atoms with Gasteiger partial charge in [-0.3, -0.25) is 9.59 Å². The lowest BCUT2D eigenvalue weighted by atomic mass is 9.83. The molecule has 3 aromatic carbocycles. The number of aryl methyl sites for hydroxylation is 1. The molecule has 6 heteroatoms. The Bertz CT molecular complexity index is 1150. The highest BCUT2D eigenvalue weighted by Crippen LogP contribution is 2.33. The quantitative estimate of drug-likeness (QED) is 0.467. The Kier molecular flexibility index (Phi) is 8.79. The maximum Gasteiger partial charge on any atom is 0.223 e. The summed E-state index contributed by atoms with van der Waals surface area (Å²) in [4.78, 5) is 28.2. The van der Waals surface area contributed by atoms with Gasteiger partial charge in [-0.15, -0.1) is 0 Å². The van der Waals surface area contributed by atoms with Crippen molar-refractivity contribution in [2.75, 3.05) is 19.6 Å². The fourth-order valence-corrected chi connectivity index (χ4v) is 5.21. The Morgan fingerprint density at radius 1 is 1.00 bits per heavy atom. The number of hydrogen-bond acceptors (Lipinski definition) is 3. The van der Waals surface area contributed by atoms with Crippen molar-refractivity contribution in [3.63, 3.8) is 0 Å². The molecule has 0 spiro atoms. The van der Waals surface area contributed by atoms with Crippen LogP contribution in [0.2, 0.25) is 5.02 Å². The van der Waals surface area contributed by atoms with Crippen molar-refractivity contribution in [1.29, 1.82) is 0 Å². The van der Waals surface area contributed by atoms with Gasteiger partial charge in [-0.2, -0.15) is 0 Å². The zero-order chi connectivity index (χ0) is 25.5. The summed E-state index contributed by atoms with van der Waals surface area (Å²) in [5.74, 6) is -1.06. The highest BCUT2D eigenvalue weighted by Gasteiger charge is 2.35. The molecule has 0 aliphatic carbocycles. The van der Waals surface area contributed by atoms with Crippen LogP contribution in [0, 0.1) is 12.8 Å². The van der Waals surface area contributed by atoms with E-state index in [1.54, 1.807) is 0 Å². The lowest BCUT2D eigenvalue weighted by Gasteiger charge is -2.37. The van der Waals surface area contributed by atoms with Crippen molar-refractivity contribution in [1.82, 2.24) is 10.2 Å². The number of nitrogens with two attached hydrogens (primary N) is 1. The number of hydrogen-bond donors (Lipinski definition) is 2. The minimum Gasteiger partial charge on any atom is -0.369 e. The Labute approximate surface area is 218 Å². The van der Waals surface area contributed by atoms with E-state index in [0.717, 1.165) is 35.2 Å². The first-order valence-corrected chi connectivity index (χ1v) is 13.0. The summed E-state index contributed by atoms with van der Waals surface area (Å²) in [6.07, 6.45) is 1.41. The molecule has 1 aliphatic rings. The van der Waals surface area contributed by atoms with E-state index in [1.807, 2.05) is 78.6 Å². The van der Waals surface area contributed by atoms with Crippen LogP contribution in [0.15, 0.2) is 78.9 Å². The standard InChI is InChI=1S/C30H34ClN3O2/c1-21-8-10-22(11-9-21)18-25(30(32)36)19-28(35)34-17-5-16-33-20-27(34)29(23-6-3-2-4-7-23)24-12-14-26(31)15-13-24/h2-4,6-15,25,27,29,33H,5,16-20H2,1H3,(H2,32,36). The van der Waals surface area contributed by atoms with Crippen molar-refractivity contribution in [2.24, 2.45) is 11.7 Å². The van der Waals surface area contributed by atoms with Crippen LogP contribution in [0.25, 0.3) is 0 Å². The van der Waals surface area contributed by atoms with Crippen LogP contribution in [0.3, 0.4) is 0 Å². The van der Waals surface area contributed by atoms with Gasteiger partial charge in [0, 0.05) is 30.5 Å². The number of nitrogens with one attached hydrogen (secondary N) is 1. The van der Waals surface area contributed by atoms with E-state index < -0.39 is 11.8 Å². The van der Waals surface area contributed by atoms with Crippen molar-refractivity contribution in [3.8, 4) is 0 Å². The molecule has 0 radical (unpaired) electrons. The summed E-state index contributed by atoms with van der Waals surface area (Å²) in [5, 5.41) is 4.20. The molecule has 1 saturated heterocycles. The van der Waals surface area contributed by atoms with Crippen molar-refractivity contribution < 1.29 is 9.59 Å². The molecule has 2 amide bonds. The van der Waals surface area contributed by atoms with Crippen molar-refractivity contribution in [2.45, 2.75) is 38.1 Å². The largest absolute Gasteiger partial charge is 0.369 e. The second-order valence-electron chi connectivity index (χ2n) is 9.65. The van der Waals surface area contributed by atoms with Gasteiger partial charge in [-0.25, -0.2) is 0 Å². The van der Waals surface area contributed by atoms with Gasteiger partial charge >= 0.3 is 0 Å². The second-order valence-corrected chi connectivity index (χ2v) is 10.1. The van der Waals surface area contributed by atoms with Gasteiger partial charge in [0.25, 0.3) is 0 Å². The molecule has 0 saturated carbocycles. The molecule has 0 aromatic heterocycles. The first-order valence-electron chi connectivity index (χ1n) is 12.6. The summed E-state index contributed by atoms with van der Waals surface area (Å²) >= 11 is 6.19. The Morgan fingerprint density at radius 2 is 1.67 bits per heavy atom. The summed E-state index contributed by atoms with van der Waals surface area (Å²) in [7, 11) is 0. The number of halogens is 1. The highest BCUT2D eigenvalue weighted by atomic mass is 35.5. The Balaban J connectivity index is 1.63. The lowest BCUT2D eigenvalue weighted by Crippen LogP contribution is -2.48. The van der Waals surface area contributed by atoms with Gasteiger partial charge in [0.05, 0.1) is 12.0 Å². The van der Waals surface area contributed by atoms with Gasteiger partial charge < -0.3 is 16.0 Å². The minimum absolute atomic E-state index is 0.0329. The van der Waals surface area contributed by atoms with E-state index in [2.05, 4.69) is 17.4 Å². The summed E-state index contributed by atoms with van der Waals surface area (Å²) in [6, 6.07) is 26.1. The van der Waals surface area contributed by atoms with Crippen LogP contribution in [0.4, 0.5) is 0 Å². The number of benzene rings is 3. The van der Waals surface area contributed by atoms with E-state index in [4.69, 9.17) is 17.3 Å². The fraction of sp³-hybridized carbons (Fsp3) is 0.333. The zero-order valence-electron chi connectivity index (χ0n) is 20.7. The van der Waals surface area contributed by atoms with Crippen LogP contribution in [-0.2, 0) is 16.0 Å². The molecular weight excluding hydrogens is 470 g/mol. The number of carbonyl (C=O) groups excluding carboxylic acids is 2. The van der Waals surface area contributed by atoms with E-state index in [9.17, 15) is 9.59 Å². The van der Waals surface area contributed by atoms with Crippen LogP contribution in [0.1, 0.15) is 41.0 Å². The Morgan fingerprint density at radius 3 is 2.33 bits per heavy atom. The molecule has 0 bridgehead atoms. The third-order valence-electron chi connectivity index (χ3n) is 7.03. The van der Waals surface area contributed by atoms with Gasteiger partial charge in [0.2, 0.25) is 11.8 Å². The van der Waals surface area contributed by atoms with E-state index in [-0.39, 0.29) is 24.3 Å². The van der Waals surface area contributed by atoms with Gasteiger partial charge in [0.15, 0.2) is 0 Å². The molecule has 3 aromatic rings. The average molecular weight is 504 g/mol. The maximum absolute atomic E-state index is 13.8. The third kappa shape index (κ3) is 6.54. The lowest BCUT2D eigenvalue weighted by molar-refractivity contribution is -0.137. The smallest absolute Gasteiger partial charge is 0.223 e. The molecule has 3 atom stereocenters. The van der Waals surface area contributed by atoms with Gasteiger partial charge in [-0.1, -0.05) is 83.9 Å². The molecule has 188 valence electrons. The second kappa shape index (κ2) is 12.2. The van der Waals surface area contributed by atoms with Crippen molar-refractivity contribution >= 4 is 23.4 Å². The Hall–Kier alpha value is -3.15. The number of amides is 2. The first kappa shape index (κ1) is 25.9. The maximum atomic E-state index is 13.8. The molecular formula is C30H34ClN3O2. The summed E-state index contributed by atoms with van der Waals surface area (Å²) in [6.45, 7) is 4.15. The number of primary amides is 1. The minimum atomic E-state index is -0.553. The van der Waals surface area contributed by atoms with Crippen LogP contribution in [-0.4, -0.2) is 42.4 Å². The predicted octanol–water partition coefficient (Wildman–Crippen LogP) is 4.71. The van der Waals surface area contributed by atoms with Crippen molar-refractivity contribution in [3.05, 3.63) is 106 Å². The fourth-order valence-electron chi connectivity index (χ4n) is 5.09. The summed E-state index contributed by atoms with van der Waals surface area (Å²) < 4.78 is 0. The van der Waals surface area contributed by atoms with E-state index in [0.29, 0.717) is 24.5 Å². The van der Waals surface area contributed by atoms with Gasteiger partial charge in [-0.05, 0) is 55.1 Å². The van der Waals surface area contributed by atoms with E-state index in [1.165, 1.54) is 0 Å². The third-order valence-corrected chi connectivity index (χ3v) is 7.28. The van der Waals surface area contributed by atoms with Crippen LogP contribution in [0.5, 0.6) is 0 Å². The molecule has 3 unspecified atom stereocenters. The number of carbonyl (C=O) groups is 2.